The highest BCUT2D eigenvalue weighted by Gasteiger charge is 2.15. The molecule has 2 aromatic carbocycles. The van der Waals surface area contributed by atoms with Crippen molar-refractivity contribution in [1.29, 1.82) is 5.26 Å². The Morgan fingerprint density at radius 2 is 1.93 bits per heavy atom. The molecule has 3 rings (SSSR count). The molecule has 142 valence electrons. The summed E-state index contributed by atoms with van der Waals surface area (Å²) in [5, 5.41) is 13.4. The first kappa shape index (κ1) is 19.0. The Hall–Kier alpha value is -3.73. The third-order valence-corrected chi connectivity index (χ3v) is 3.80. The first-order valence-corrected chi connectivity index (χ1v) is 8.16. The van der Waals surface area contributed by atoms with E-state index in [0.29, 0.717) is 11.4 Å². The maximum atomic E-state index is 12.4. The second-order valence-corrected chi connectivity index (χ2v) is 5.75. The lowest BCUT2D eigenvalue weighted by Crippen LogP contribution is -2.03. The van der Waals surface area contributed by atoms with Crippen LogP contribution in [0.15, 0.2) is 47.0 Å². The van der Waals surface area contributed by atoms with Crippen LogP contribution in [0, 0.1) is 18.3 Å². The van der Waals surface area contributed by atoms with E-state index in [1.54, 1.807) is 0 Å². The van der Waals surface area contributed by atoms with E-state index in [1.807, 2.05) is 37.3 Å². The maximum Gasteiger partial charge on any atom is 0.387 e. The molecule has 0 fully saturated rings. The molecule has 28 heavy (non-hydrogen) atoms. The molecule has 0 aliphatic heterocycles. The Morgan fingerprint density at radius 3 is 2.57 bits per heavy atom. The lowest BCUT2D eigenvalue weighted by atomic mass is 10.1. The fourth-order valence-corrected chi connectivity index (χ4v) is 2.43. The fourth-order valence-electron chi connectivity index (χ4n) is 2.43. The molecule has 0 radical (unpaired) electrons. The normalized spacial score (nSPS) is 11.4. The average Bonchev–Trinajstić information content (AvgIpc) is 3.17. The highest BCUT2D eigenvalue weighted by molar-refractivity contribution is 5.87. The zero-order valence-corrected chi connectivity index (χ0v) is 15.0. The lowest BCUT2D eigenvalue weighted by Gasteiger charge is -2.10. The van der Waals surface area contributed by atoms with E-state index < -0.39 is 6.61 Å². The molecule has 0 saturated heterocycles. The number of hydrogen-bond acceptors (Lipinski definition) is 6. The van der Waals surface area contributed by atoms with Gasteiger partial charge in [-0.15, -0.1) is 0 Å². The van der Waals surface area contributed by atoms with E-state index in [4.69, 9.17) is 9.26 Å². The number of aryl methyl sites for hydroxylation is 1. The van der Waals surface area contributed by atoms with E-state index >= 15 is 0 Å². The van der Waals surface area contributed by atoms with E-state index in [9.17, 15) is 14.0 Å². The van der Waals surface area contributed by atoms with Crippen LogP contribution in [0.25, 0.3) is 23.0 Å². The summed E-state index contributed by atoms with van der Waals surface area (Å²) in [7, 11) is 1.33. The van der Waals surface area contributed by atoms with Crippen LogP contribution in [0.2, 0.25) is 0 Å². The molecule has 0 aliphatic rings. The second-order valence-electron chi connectivity index (χ2n) is 5.75. The van der Waals surface area contributed by atoms with Gasteiger partial charge in [0.2, 0.25) is 5.82 Å². The molecule has 1 aromatic heterocycles. The third-order valence-electron chi connectivity index (χ3n) is 3.80. The van der Waals surface area contributed by atoms with Gasteiger partial charge in [0.15, 0.2) is 11.5 Å². The number of benzene rings is 2. The van der Waals surface area contributed by atoms with Crippen LogP contribution in [0.3, 0.4) is 0 Å². The number of methoxy groups -OCH3 is 1. The summed E-state index contributed by atoms with van der Waals surface area (Å²) >= 11 is 0. The van der Waals surface area contributed by atoms with Crippen LogP contribution in [-0.4, -0.2) is 23.9 Å². The summed E-state index contributed by atoms with van der Waals surface area (Å²) in [6, 6.07) is 13.8. The summed E-state index contributed by atoms with van der Waals surface area (Å²) in [5.74, 6) is 0.407. The molecule has 0 spiro atoms. The topological polar surface area (TPSA) is 81.2 Å². The van der Waals surface area contributed by atoms with Crippen molar-refractivity contribution in [3.05, 3.63) is 59.5 Å². The summed E-state index contributed by atoms with van der Waals surface area (Å²) < 4.78 is 39.5. The van der Waals surface area contributed by atoms with Gasteiger partial charge in [0.05, 0.1) is 7.11 Å². The predicted molar refractivity (Wildman–Crippen MR) is 97.6 cm³/mol. The fraction of sp³-hybridized carbons (Fsp3) is 0.150. The van der Waals surface area contributed by atoms with Gasteiger partial charge in [0.1, 0.15) is 11.6 Å². The summed E-state index contributed by atoms with van der Waals surface area (Å²) in [6.45, 7) is -1.00. The molecule has 6 nitrogen and oxygen atoms in total. The number of halogens is 2. The van der Waals surface area contributed by atoms with Gasteiger partial charge in [-0.25, -0.2) is 0 Å². The van der Waals surface area contributed by atoms with Gasteiger partial charge in [-0.3, -0.25) is 0 Å². The Bertz CT molecular complexity index is 1040. The molecule has 0 unspecified atom stereocenters. The van der Waals surface area contributed by atoms with Gasteiger partial charge in [0.25, 0.3) is 5.89 Å². The summed E-state index contributed by atoms with van der Waals surface area (Å²) in [6.07, 6.45) is 1.49. The largest absolute Gasteiger partial charge is 0.493 e. The number of hydrogen-bond donors (Lipinski definition) is 0. The van der Waals surface area contributed by atoms with Crippen LogP contribution in [0.5, 0.6) is 11.5 Å². The standard InChI is InChI=1S/C20H15F2N3O3/c1-12-3-6-14(7-4-12)18-24-19(28-25-18)15(11-23)9-13-5-8-16(27-20(21)22)17(10-13)26-2/h3-10,20H,1-2H3/b15-9+. The van der Waals surface area contributed by atoms with E-state index in [1.165, 1.54) is 31.4 Å². The van der Waals surface area contributed by atoms with Crippen LogP contribution >= 0.6 is 0 Å². The van der Waals surface area contributed by atoms with Gasteiger partial charge in [-0.05, 0) is 30.7 Å². The molecular weight excluding hydrogens is 368 g/mol. The minimum Gasteiger partial charge on any atom is -0.493 e. The molecule has 0 saturated carbocycles. The molecule has 0 bridgehead atoms. The van der Waals surface area contributed by atoms with Crippen LogP contribution in [0.1, 0.15) is 17.0 Å². The number of allylic oxidation sites excluding steroid dienone is 1. The number of nitrogens with zero attached hydrogens (tertiary/aromatic N) is 3. The van der Waals surface area contributed by atoms with Crippen LogP contribution in [0.4, 0.5) is 8.78 Å². The Kier molecular flexibility index (Phi) is 5.65. The molecule has 8 heteroatoms. The predicted octanol–water partition coefficient (Wildman–Crippen LogP) is 4.72. The van der Waals surface area contributed by atoms with E-state index in [2.05, 4.69) is 14.9 Å². The zero-order chi connectivity index (χ0) is 20.1. The minimum atomic E-state index is -2.97. The number of aromatic nitrogens is 2. The first-order valence-electron chi connectivity index (χ1n) is 8.16. The van der Waals surface area contributed by atoms with Gasteiger partial charge in [-0.2, -0.15) is 19.0 Å². The molecule has 0 aliphatic carbocycles. The summed E-state index contributed by atoms with van der Waals surface area (Å²) in [5.41, 5.74) is 2.49. The minimum absolute atomic E-state index is 0.0462. The maximum absolute atomic E-state index is 12.4. The van der Waals surface area contributed by atoms with Crippen molar-refractivity contribution in [2.75, 3.05) is 7.11 Å². The van der Waals surface area contributed by atoms with Crippen molar-refractivity contribution in [2.24, 2.45) is 0 Å². The Morgan fingerprint density at radius 1 is 1.18 bits per heavy atom. The Labute approximate surface area is 159 Å². The van der Waals surface area contributed by atoms with Gasteiger partial charge in [-0.1, -0.05) is 41.1 Å². The molecule has 0 atom stereocenters. The van der Waals surface area contributed by atoms with Crippen molar-refractivity contribution in [3.8, 4) is 29.0 Å². The Balaban J connectivity index is 1.90. The zero-order valence-electron chi connectivity index (χ0n) is 15.0. The van der Waals surface area contributed by atoms with Crippen LogP contribution in [-0.2, 0) is 0 Å². The highest BCUT2D eigenvalue weighted by atomic mass is 19.3. The molecule has 0 amide bonds. The van der Waals surface area contributed by atoms with E-state index in [0.717, 1.165) is 11.1 Å². The van der Waals surface area contributed by atoms with Crippen molar-refractivity contribution in [3.63, 3.8) is 0 Å². The van der Waals surface area contributed by atoms with Gasteiger partial charge >= 0.3 is 6.61 Å². The second kappa shape index (κ2) is 8.31. The van der Waals surface area contributed by atoms with E-state index in [-0.39, 0.29) is 23.0 Å². The average molecular weight is 383 g/mol. The van der Waals surface area contributed by atoms with Crippen LogP contribution < -0.4 is 9.47 Å². The third kappa shape index (κ3) is 4.32. The summed E-state index contributed by atoms with van der Waals surface area (Å²) in [4.78, 5) is 4.25. The van der Waals surface area contributed by atoms with Crippen molar-refractivity contribution >= 4 is 11.6 Å². The van der Waals surface area contributed by atoms with Gasteiger partial charge < -0.3 is 14.0 Å². The molecule has 1 heterocycles. The van der Waals surface area contributed by atoms with Crippen molar-refractivity contribution in [1.82, 2.24) is 10.1 Å². The quantitative estimate of drug-likeness (QED) is 0.573. The SMILES string of the molecule is COc1cc(/C=C(\C#N)c2nc(-c3ccc(C)cc3)no2)ccc1OC(F)F. The number of nitriles is 1. The molecular formula is C20H15F2N3O3. The molecule has 0 N–H and O–H groups in total. The number of alkyl halides is 2. The smallest absolute Gasteiger partial charge is 0.387 e. The molecule has 3 aromatic rings. The monoisotopic (exact) mass is 383 g/mol. The van der Waals surface area contributed by atoms with Crippen molar-refractivity contribution in [2.45, 2.75) is 13.5 Å². The highest BCUT2D eigenvalue weighted by Crippen LogP contribution is 2.31. The van der Waals surface area contributed by atoms with Gasteiger partial charge in [0, 0.05) is 5.56 Å². The number of ether oxygens (including phenoxy) is 2. The lowest BCUT2D eigenvalue weighted by molar-refractivity contribution is -0.0512. The first-order chi connectivity index (χ1) is 13.5. The van der Waals surface area contributed by atoms with Crippen molar-refractivity contribution < 1.29 is 22.8 Å². The number of rotatable bonds is 6.